The molecule has 0 aliphatic heterocycles. The molecule has 1 amide bonds. The fourth-order valence-corrected chi connectivity index (χ4v) is 3.67. The molecule has 0 atom stereocenters. The summed E-state index contributed by atoms with van der Waals surface area (Å²) < 4.78 is 0. The van der Waals surface area contributed by atoms with E-state index in [0.717, 1.165) is 11.1 Å². The van der Waals surface area contributed by atoms with Gasteiger partial charge in [0.1, 0.15) is 0 Å². The lowest BCUT2D eigenvalue weighted by Gasteiger charge is -2.27. The SMILES string of the molecule is Cc1ccc(C(=O)c2ccccc2C(=O)NC2CCC(C(=O)O)CC2)cc1C. The second kappa shape index (κ2) is 8.38. The van der Waals surface area contributed by atoms with Crippen LogP contribution in [-0.2, 0) is 4.79 Å². The van der Waals surface area contributed by atoms with Gasteiger partial charge in [-0.05, 0) is 62.8 Å². The Balaban J connectivity index is 1.76. The van der Waals surface area contributed by atoms with E-state index in [-0.39, 0.29) is 23.7 Å². The van der Waals surface area contributed by atoms with Crippen molar-refractivity contribution < 1.29 is 19.5 Å². The van der Waals surface area contributed by atoms with Crippen LogP contribution in [-0.4, -0.2) is 28.8 Å². The van der Waals surface area contributed by atoms with Crippen molar-refractivity contribution in [3.05, 3.63) is 70.3 Å². The van der Waals surface area contributed by atoms with Gasteiger partial charge in [0.05, 0.1) is 11.5 Å². The molecule has 3 rings (SSSR count). The Morgan fingerprint density at radius 2 is 1.54 bits per heavy atom. The van der Waals surface area contributed by atoms with Crippen molar-refractivity contribution in [2.45, 2.75) is 45.6 Å². The highest BCUT2D eigenvalue weighted by atomic mass is 16.4. The quantitative estimate of drug-likeness (QED) is 0.772. The zero-order valence-electron chi connectivity index (χ0n) is 16.2. The second-order valence-electron chi connectivity index (χ2n) is 7.53. The predicted molar refractivity (Wildman–Crippen MR) is 107 cm³/mol. The number of carboxylic acid groups (broad SMARTS) is 1. The summed E-state index contributed by atoms with van der Waals surface area (Å²) in [5.74, 6) is -1.56. The Kier molecular flexibility index (Phi) is 5.93. The first-order chi connectivity index (χ1) is 13.4. The van der Waals surface area contributed by atoms with Crippen molar-refractivity contribution in [3.63, 3.8) is 0 Å². The third-order valence-electron chi connectivity index (χ3n) is 5.60. The first-order valence-electron chi connectivity index (χ1n) is 9.61. The summed E-state index contributed by atoms with van der Waals surface area (Å²) in [6.07, 6.45) is 2.39. The Morgan fingerprint density at radius 1 is 0.893 bits per heavy atom. The maximum absolute atomic E-state index is 13.0. The molecule has 0 spiro atoms. The number of rotatable bonds is 5. The summed E-state index contributed by atoms with van der Waals surface area (Å²) >= 11 is 0. The van der Waals surface area contributed by atoms with Gasteiger partial charge in [0.15, 0.2) is 5.78 Å². The van der Waals surface area contributed by atoms with Crippen molar-refractivity contribution in [2.75, 3.05) is 0 Å². The lowest BCUT2D eigenvalue weighted by molar-refractivity contribution is -0.142. The third kappa shape index (κ3) is 4.30. The molecule has 2 N–H and O–H groups in total. The van der Waals surface area contributed by atoms with E-state index in [4.69, 9.17) is 5.11 Å². The van der Waals surface area contributed by atoms with Gasteiger partial charge in [0.25, 0.3) is 5.91 Å². The Labute approximate surface area is 164 Å². The molecule has 0 bridgehead atoms. The van der Waals surface area contributed by atoms with E-state index in [9.17, 15) is 14.4 Å². The van der Waals surface area contributed by atoms with Crippen molar-refractivity contribution in [1.29, 1.82) is 0 Å². The molecule has 2 aromatic carbocycles. The largest absolute Gasteiger partial charge is 0.481 e. The maximum Gasteiger partial charge on any atom is 0.306 e. The minimum atomic E-state index is -0.769. The van der Waals surface area contributed by atoms with Gasteiger partial charge in [0.2, 0.25) is 0 Å². The smallest absolute Gasteiger partial charge is 0.306 e. The molecule has 1 aliphatic carbocycles. The zero-order chi connectivity index (χ0) is 20.3. The number of hydrogen-bond acceptors (Lipinski definition) is 3. The minimum absolute atomic E-state index is 0.0622. The van der Waals surface area contributed by atoms with Crippen molar-refractivity contribution in [1.82, 2.24) is 5.32 Å². The number of carbonyl (C=O) groups is 3. The maximum atomic E-state index is 13.0. The molecule has 0 heterocycles. The van der Waals surface area contributed by atoms with Gasteiger partial charge in [-0.3, -0.25) is 14.4 Å². The molecule has 28 heavy (non-hydrogen) atoms. The van der Waals surface area contributed by atoms with Crippen LogP contribution in [0.4, 0.5) is 0 Å². The van der Waals surface area contributed by atoms with Gasteiger partial charge in [-0.15, -0.1) is 0 Å². The summed E-state index contributed by atoms with van der Waals surface area (Å²) in [6.45, 7) is 3.95. The average Bonchev–Trinajstić information content (AvgIpc) is 2.70. The van der Waals surface area contributed by atoms with Gasteiger partial charge in [0, 0.05) is 17.2 Å². The summed E-state index contributed by atoms with van der Waals surface area (Å²) in [5.41, 5.74) is 3.43. The van der Waals surface area contributed by atoms with Crippen molar-refractivity contribution in [3.8, 4) is 0 Å². The zero-order valence-corrected chi connectivity index (χ0v) is 16.2. The number of amides is 1. The van der Waals surface area contributed by atoms with E-state index in [1.807, 2.05) is 26.0 Å². The molecule has 1 aliphatic rings. The van der Waals surface area contributed by atoms with E-state index in [1.54, 1.807) is 30.3 Å². The van der Waals surface area contributed by atoms with Gasteiger partial charge < -0.3 is 10.4 Å². The van der Waals surface area contributed by atoms with Crippen LogP contribution >= 0.6 is 0 Å². The topological polar surface area (TPSA) is 83.5 Å². The number of hydrogen-bond donors (Lipinski definition) is 2. The highest BCUT2D eigenvalue weighted by Gasteiger charge is 2.27. The van der Waals surface area contributed by atoms with E-state index in [1.165, 1.54) is 0 Å². The number of carboxylic acids is 1. The molecule has 146 valence electrons. The number of nitrogens with one attached hydrogen (secondary N) is 1. The van der Waals surface area contributed by atoms with Gasteiger partial charge >= 0.3 is 5.97 Å². The van der Waals surface area contributed by atoms with Crippen LogP contribution in [0.1, 0.15) is 63.1 Å². The van der Waals surface area contributed by atoms with E-state index >= 15 is 0 Å². The molecule has 0 saturated heterocycles. The fraction of sp³-hybridized carbons (Fsp3) is 0.348. The van der Waals surface area contributed by atoms with Crippen LogP contribution in [0.3, 0.4) is 0 Å². The van der Waals surface area contributed by atoms with Crippen LogP contribution in [0, 0.1) is 19.8 Å². The number of aliphatic carboxylic acids is 1. The van der Waals surface area contributed by atoms with Crippen LogP contribution in [0.2, 0.25) is 0 Å². The molecule has 0 unspecified atom stereocenters. The molecular weight excluding hydrogens is 354 g/mol. The summed E-state index contributed by atoms with van der Waals surface area (Å²) in [4.78, 5) is 36.9. The standard InChI is InChI=1S/C23H25NO4/c1-14-7-8-17(13-15(14)2)21(25)19-5-3-4-6-20(19)22(26)24-18-11-9-16(10-12-18)23(27)28/h3-8,13,16,18H,9-12H2,1-2H3,(H,24,26)(H,27,28). The van der Waals surface area contributed by atoms with Crippen LogP contribution < -0.4 is 5.32 Å². The Hall–Kier alpha value is -2.95. The van der Waals surface area contributed by atoms with Crippen molar-refractivity contribution >= 4 is 17.7 Å². The Bertz CT molecular complexity index is 911. The molecule has 1 saturated carbocycles. The highest BCUT2D eigenvalue weighted by Crippen LogP contribution is 2.25. The molecule has 2 aromatic rings. The first kappa shape index (κ1) is 19.8. The van der Waals surface area contributed by atoms with E-state index in [2.05, 4.69) is 5.32 Å². The highest BCUT2D eigenvalue weighted by molar-refractivity contribution is 6.15. The molecule has 1 fully saturated rings. The van der Waals surface area contributed by atoms with Crippen LogP contribution in [0.25, 0.3) is 0 Å². The first-order valence-corrected chi connectivity index (χ1v) is 9.61. The monoisotopic (exact) mass is 379 g/mol. The number of benzene rings is 2. The van der Waals surface area contributed by atoms with Crippen LogP contribution in [0.5, 0.6) is 0 Å². The minimum Gasteiger partial charge on any atom is -0.481 e. The average molecular weight is 379 g/mol. The molecular formula is C23H25NO4. The third-order valence-corrected chi connectivity index (χ3v) is 5.60. The van der Waals surface area contributed by atoms with Gasteiger partial charge in [-0.1, -0.05) is 30.3 Å². The molecule has 0 radical (unpaired) electrons. The predicted octanol–water partition coefficient (Wildman–Crippen LogP) is 3.91. The lowest BCUT2D eigenvalue weighted by atomic mass is 9.86. The molecule has 5 heteroatoms. The fourth-order valence-electron chi connectivity index (χ4n) is 3.67. The summed E-state index contributed by atoms with van der Waals surface area (Å²) in [5, 5.41) is 12.1. The number of aryl methyl sites for hydroxylation is 2. The van der Waals surface area contributed by atoms with Gasteiger partial charge in [-0.2, -0.15) is 0 Å². The Morgan fingerprint density at radius 3 is 2.14 bits per heavy atom. The molecule has 0 aromatic heterocycles. The number of carbonyl (C=O) groups excluding carboxylic acids is 2. The van der Waals surface area contributed by atoms with E-state index in [0.29, 0.717) is 42.4 Å². The normalized spacial score (nSPS) is 19.1. The number of ketones is 1. The summed E-state index contributed by atoms with van der Waals surface area (Å²) in [7, 11) is 0. The van der Waals surface area contributed by atoms with Crippen molar-refractivity contribution in [2.24, 2.45) is 5.92 Å². The lowest BCUT2D eigenvalue weighted by Crippen LogP contribution is -2.39. The summed E-state index contributed by atoms with van der Waals surface area (Å²) in [6, 6.07) is 12.3. The molecule has 5 nitrogen and oxygen atoms in total. The van der Waals surface area contributed by atoms with E-state index < -0.39 is 5.97 Å². The van der Waals surface area contributed by atoms with Gasteiger partial charge in [-0.25, -0.2) is 0 Å². The van der Waals surface area contributed by atoms with Crippen LogP contribution in [0.15, 0.2) is 42.5 Å². The second-order valence-corrected chi connectivity index (χ2v) is 7.53.